The fraction of sp³-hybridized carbons (Fsp3) is 0.538. The van der Waals surface area contributed by atoms with Gasteiger partial charge in [-0.05, 0) is 19.3 Å². The van der Waals surface area contributed by atoms with E-state index < -0.39 is 27.0 Å². The Morgan fingerprint density at radius 2 is 1.55 bits per heavy atom. The van der Waals surface area contributed by atoms with Crippen LogP contribution in [0.3, 0.4) is 0 Å². The van der Waals surface area contributed by atoms with Crippen molar-refractivity contribution in [3.8, 4) is 0 Å². The van der Waals surface area contributed by atoms with Gasteiger partial charge in [-0.25, -0.2) is 13.2 Å². The summed E-state index contributed by atoms with van der Waals surface area (Å²) in [6, 6.07) is 1.41. The van der Waals surface area contributed by atoms with Crippen LogP contribution in [0.15, 0.2) is 12.1 Å². The molecule has 0 N–H and O–H groups in total. The molecule has 0 spiro atoms. The largest absolute Gasteiger partial charge is 0.483 e. The molecule has 0 aliphatic carbocycles. The van der Waals surface area contributed by atoms with Crippen molar-refractivity contribution in [2.45, 2.75) is 25.7 Å². The molecule has 20 heavy (non-hydrogen) atoms. The predicted octanol–water partition coefficient (Wildman–Crippen LogP) is 2.84. The molecule has 3 nitrogen and oxygen atoms in total. The van der Waals surface area contributed by atoms with Gasteiger partial charge < -0.3 is 13.3 Å². The van der Waals surface area contributed by atoms with Crippen molar-refractivity contribution in [2.24, 2.45) is 0 Å². The molecule has 114 valence electrons. The summed E-state index contributed by atoms with van der Waals surface area (Å²) in [5, 5.41) is 0. The van der Waals surface area contributed by atoms with Crippen LogP contribution in [0.2, 0.25) is 0 Å². The molecule has 0 aliphatic heterocycles. The summed E-state index contributed by atoms with van der Waals surface area (Å²) in [5.74, 6) is -2.55. The Kier molecular flexibility index (Phi) is 7.82. The van der Waals surface area contributed by atoms with E-state index in [1.54, 1.807) is 0 Å². The normalized spacial score (nSPS) is 11.3. The van der Waals surface area contributed by atoms with Gasteiger partial charge in [-0.2, -0.15) is 0 Å². The first-order valence-electron chi connectivity index (χ1n) is 6.39. The van der Waals surface area contributed by atoms with Gasteiger partial charge in [-0.15, -0.1) is 0 Å². The Hall–Kier alpha value is -0.893. The molecule has 0 radical (unpaired) electrons. The molecular formula is C13H19F3O3Si. The van der Waals surface area contributed by atoms with Crippen molar-refractivity contribution in [3.63, 3.8) is 0 Å². The van der Waals surface area contributed by atoms with Gasteiger partial charge in [-0.3, -0.25) is 0 Å². The zero-order valence-corrected chi connectivity index (χ0v) is 12.8. The Balaban J connectivity index is 2.25. The molecule has 1 rings (SSSR count). The van der Waals surface area contributed by atoms with Gasteiger partial charge in [0.25, 0.3) is 0 Å². The van der Waals surface area contributed by atoms with Crippen LogP contribution >= 0.6 is 0 Å². The van der Waals surface area contributed by atoms with Gasteiger partial charge in [0.15, 0.2) is 0 Å². The van der Waals surface area contributed by atoms with E-state index in [1.165, 1.54) is 14.2 Å². The standard InChI is InChI=1S/C13H19F3O3Si/c1-17-20(18-2)19-7-5-3-4-6-11-12(15)8-10(14)9-13(11)16/h8-9,20H,3-7H2,1-2H3. The molecule has 0 aliphatic rings. The van der Waals surface area contributed by atoms with E-state index in [1.807, 2.05) is 0 Å². The molecule has 1 aromatic rings. The van der Waals surface area contributed by atoms with E-state index in [0.717, 1.165) is 12.8 Å². The highest BCUT2D eigenvalue weighted by Gasteiger charge is 2.12. The monoisotopic (exact) mass is 308 g/mol. The SMILES string of the molecule is CO[SiH](OC)OCCCCCc1c(F)cc(F)cc1F. The zero-order chi connectivity index (χ0) is 15.0. The predicted molar refractivity (Wildman–Crippen MR) is 71.0 cm³/mol. The van der Waals surface area contributed by atoms with E-state index in [4.69, 9.17) is 13.3 Å². The lowest BCUT2D eigenvalue weighted by Crippen LogP contribution is -2.24. The third-order valence-corrected chi connectivity index (χ3v) is 4.09. The van der Waals surface area contributed by atoms with E-state index in [-0.39, 0.29) is 12.0 Å². The molecule has 0 fully saturated rings. The third-order valence-electron chi connectivity index (χ3n) is 2.82. The van der Waals surface area contributed by atoms with Gasteiger partial charge in [-0.1, -0.05) is 6.42 Å². The summed E-state index contributed by atoms with van der Waals surface area (Å²) < 4.78 is 54.7. The molecule has 0 unspecified atom stereocenters. The molecule has 0 bridgehead atoms. The summed E-state index contributed by atoms with van der Waals surface area (Å²) in [7, 11) is 1.07. The van der Waals surface area contributed by atoms with Crippen LogP contribution in [0.25, 0.3) is 0 Å². The number of unbranched alkanes of at least 4 members (excludes halogenated alkanes) is 2. The van der Waals surface area contributed by atoms with Crippen LogP contribution in [0.5, 0.6) is 0 Å². The molecule has 7 heteroatoms. The van der Waals surface area contributed by atoms with E-state index in [0.29, 0.717) is 25.2 Å². The Labute approximate surface area is 118 Å². The number of benzene rings is 1. The van der Waals surface area contributed by atoms with Crippen LogP contribution < -0.4 is 0 Å². The topological polar surface area (TPSA) is 27.7 Å². The van der Waals surface area contributed by atoms with Crippen molar-refractivity contribution in [1.29, 1.82) is 0 Å². The van der Waals surface area contributed by atoms with Gasteiger partial charge in [0.2, 0.25) is 0 Å². The minimum absolute atomic E-state index is 0.0617. The van der Waals surface area contributed by atoms with Crippen LogP contribution in [-0.2, 0) is 19.7 Å². The minimum Gasteiger partial charge on any atom is -0.379 e. The quantitative estimate of drug-likeness (QED) is 0.518. The lowest BCUT2D eigenvalue weighted by Gasteiger charge is -2.11. The first-order chi connectivity index (χ1) is 9.58. The molecule has 0 saturated carbocycles. The summed E-state index contributed by atoms with van der Waals surface area (Å²) in [4.78, 5) is 0. The van der Waals surface area contributed by atoms with Crippen molar-refractivity contribution >= 4 is 9.53 Å². The van der Waals surface area contributed by atoms with Crippen molar-refractivity contribution in [1.82, 2.24) is 0 Å². The molecule has 0 amide bonds. The summed E-state index contributed by atoms with van der Waals surface area (Å²) in [6.07, 6.45) is 2.35. The number of rotatable bonds is 9. The van der Waals surface area contributed by atoms with Gasteiger partial charge in [0, 0.05) is 38.5 Å². The van der Waals surface area contributed by atoms with Crippen molar-refractivity contribution in [3.05, 3.63) is 35.1 Å². The Bertz CT molecular complexity index is 391. The average Bonchev–Trinajstić information content (AvgIpc) is 2.40. The van der Waals surface area contributed by atoms with Crippen LogP contribution in [0, 0.1) is 17.5 Å². The molecule has 0 heterocycles. The van der Waals surface area contributed by atoms with Crippen LogP contribution in [0.4, 0.5) is 13.2 Å². The second-order valence-corrected chi connectivity index (χ2v) is 6.14. The molecule has 0 atom stereocenters. The van der Waals surface area contributed by atoms with Crippen molar-refractivity contribution in [2.75, 3.05) is 20.8 Å². The zero-order valence-electron chi connectivity index (χ0n) is 11.6. The first kappa shape index (κ1) is 17.2. The van der Waals surface area contributed by atoms with E-state index >= 15 is 0 Å². The van der Waals surface area contributed by atoms with Crippen LogP contribution in [0.1, 0.15) is 24.8 Å². The third kappa shape index (κ3) is 5.62. The highest BCUT2D eigenvalue weighted by molar-refractivity contribution is 6.36. The first-order valence-corrected chi connectivity index (χ1v) is 7.80. The summed E-state index contributed by atoms with van der Waals surface area (Å²) in [6.45, 7) is 0.493. The average molecular weight is 308 g/mol. The highest BCUT2D eigenvalue weighted by Crippen LogP contribution is 2.17. The number of halogens is 3. The maximum atomic E-state index is 13.4. The molecule has 0 saturated heterocycles. The lowest BCUT2D eigenvalue weighted by atomic mass is 10.1. The Morgan fingerprint density at radius 3 is 2.10 bits per heavy atom. The lowest BCUT2D eigenvalue weighted by molar-refractivity contribution is 0.133. The van der Waals surface area contributed by atoms with E-state index in [9.17, 15) is 13.2 Å². The molecule has 0 aromatic heterocycles. The fourth-order valence-electron chi connectivity index (χ4n) is 1.80. The highest BCUT2D eigenvalue weighted by atomic mass is 28.3. The maximum absolute atomic E-state index is 13.4. The number of hydrogen-bond acceptors (Lipinski definition) is 3. The second-order valence-electron chi connectivity index (χ2n) is 4.29. The van der Waals surface area contributed by atoms with E-state index in [2.05, 4.69) is 0 Å². The molecular weight excluding hydrogens is 289 g/mol. The second kappa shape index (κ2) is 9.12. The Morgan fingerprint density at radius 1 is 0.950 bits per heavy atom. The summed E-state index contributed by atoms with van der Waals surface area (Å²) in [5.41, 5.74) is -0.0617. The molecule has 1 aromatic carbocycles. The maximum Gasteiger partial charge on any atom is 0.483 e. The van der Waals surface area contributed by atoms with Gasteiger partial charge in [0.05, 0.1) is 0 Å². The van der Waals surface area contributed by atoms with Crippen LogP contribution in [-0.4, -0.2) is 30.4 Å². The van der Waals surface area contributed by atoms with Crippen molar-refractivity contribution < 1.29 is 26.4 Å². The van der Waals surface area contributed by atoms with Gasteiger partial charge in [0.1, 0.15) is 17.5 Å². The number of hydrogen-bond donors (Lipinski definition) is 0. The van der Waals surface area contributed by atoms with Gasteiger partial charge >= 0.3 is 9.53 Å². The summed E-state index contributed by atoms with van der Waals surface area (Å²) >= 11 is 0. The minimum atomic E-state index is -1.99. The fourth-order valence-corrected chi connectivity index (χ4v) is 2.63. The smallest absolute Gasteiger partial charge is 0.379 e.